The molecule has 1 aromatic carbocycles. The van der Waals surface area contributed by atoms with E-state index in [1.54, 1.807) is 0 Å². The molecular weight excluding hydrogens is 318 g/mol. The summed E-state index contributed by atoms with van der Waals surface area (Å²) in [6, 6.07) is 8.45. The predicted octanol–water partition coefficient (Wildman–Crippen LogP) is 3.61. The van der Waals surface area contributed by atoms with Crippen molar-refractivity contribution in [1.29, 1.82) is 0 Å². The van der Waals surface area contributed by atoms with Gasteiger partial charge in [-0.15, -0.1) is 0 Å². The monoisotopic (exact) mass is 349 g/mol. The average Bonchev–Trinajstić information content (AvgIpc) is 2.40. The normalized spacial score (nSPS) is 12.7. The third kappa shape index (κ3) is 6.34. The summed E-state index contributed by atoms with van der Waals surface area (Å²) in [4.78, 5) is 0. The lowest BCUT2D eigenvalue weighted by atomic mass is 10.2. The number of hydrogen-bond donors (Lipinski definition) is 0. The number of benzene rings is 1. The van der Waals surface area contributed by atoms with Crippen molar-refractivity contribution in [3.8, 4) is 0 Å². The van der Waals surface area contributed by atoms with Crippen LogP contribution in [0.5, 0.6) is 0 Å². The number of rotatable bonds is 9. The summed E-state index contributed by atoms with van der Waals surface area (Å²) in [5, 5.41) is 1.35. The second kappa shape index (κ2) is 8.40. The smallest absolute Gasteiger partial charge is 0.115 e. The fraction of sp³-hybridized carbons (Fsp3) is 0.529. The van der Waals surface area contributed by atoms with Crippen molar-refractivity contribution in [2.24, 2.45) is 0 Å². The lowest BCUT2D eigenvalue weighted by Gasteiger charge is -2.43. The minimum Gasteiger partial charge on any atom is -0.384 e. The highest BCUT2D eigenvalue weighted by atomic mass is 28.4. The van der Waals surface area contributed by atoms with Crippen LogP contribution in [0.4, 0.5) is 0 Å². The maximum absolute atomic E-state index is 5.94. The van der Waals surface area contributed by atoms with E-state index in [-0.39, 0.29) is 0 Å². The molecule has 0 saturated carbocycles. The fourth-order valence-corrected chi connectivity index (χ4v) is 13.4. The van der Waals surface area contributed by atoms with Gasteiger partial charge in [-0.05, 0) is 5.56 Å². The second-order valence-electron chi connectivity index (χ2n) is 7.51. The highest BCUT2D eigenvalue weighted by Crippen LogP contribution is 2.18. The first-order chi connectivity index (χ1) is 10.2. The highest BCUT2D eigenvalue weighted by Gasteiger charge is 2.33. The van der Waals surface area contributed by atoms with Crippen LogP contribution in [-0.2, 0) is 4.74 Å². The standard InChI is InChI=1S/C17H31NOSi3/c1-8-16-11-9-10-12-17(16)20-15-19-14-13-18(21(2,3)4)22(5,6)7/h8-12H,1,13-15H2,2-7H3. The maximum atomic E-state index is 5.94. The van der Waals surface area contributed by atoms with Crippen molar-refractivity contribution in [3.05, 3.63) is 36.4 Å². The molecule has 5 heteroatoms. The Hall–Kier alpha value is -0.469. The molecule has 122 valence electrons. The summed E-state index contributed by atoms with van der Waals surface area (Å²) in [5.41, 5.74) is 1.23. The molecule has 0 aliphatic rings. The van der Waals surface area contributed by atoms with Crippen LogP contribution in [0.15, 0.2) is 30.8 Å². The molecular formula is C17H31NOSi3. The molecule has 0 amide bonds. The van der Waals surface area contributed by atoms with E-state index in [9.17, 15) is 0 Å². The molecule has 0 spiro atoms. The van der Waals surface area contributed by atoms with Gasteiger partial charge in [-0.1, -0.05) is 81.4 Å². The maximum Gasteiger partial charge on any atom is 0.115 e. The van der Waals surface area contributed by atoms with E-state index in [1.807, 2.05) is 6.08 Å². The summed E-state index contributed by atoms with van der Waals surface area (Å²) in [6.45, 7) is 20.4. The molecule has 22 heavy (non-hydrogen) atoms. The van der Waals surface area contributed by atoms with E-state index >= 15 is 0 Å². The molecule has 2 radical (unpaired) electrons. The van der Waals surface area contributed by atoms with E-state index in [2.05, 4.69) is 74.4 Å². The Morgan fingerprint density at radius 2 is 1.68 bits per heavy atom. The summed E-state index contributed by atoms with van der Waals surface area (Å²) in [6.07, 6.45) is 2.75. The zero-order valence-corrected chi connectivity index (χ0v) is 18.1. The third-order valence-corrected chi connectivity index (χ3v) is 12.5. The summed E-state index contributed by atoms with van der Waals surface area (Å²) in [5.74, 6) is 0. The minimum absolute atomic E-state index is 0.698. The van der Waals surface area contributed by atoms with Gasteiger partial charge in [0.2, 0.25) is 0 Å². The zero-order chi connectivity index (χ0) is 16.8. The summed E-state index contributed by atoms with van der Waals surface area (Å²) >= 11 is 0. The van der Waals surface area contributed by atoms with E-state index in [0.717, 1.165) is 19.4 Å². The van der Waals surface area contributed by atoms with Gasteiger partial charge in [0.05, 0.1) is 6.61 Å². The van der Waals surface area contributed by atoms with E-state index in [0.29, 0.717) is 9.52 Å². The van der Waals surface area contributed by atoms with Crippen molar-refractivity contribution in [2.45, 2.75) is 39.3 Å². The molecule has 0 fully saturated rings. The predicted molar refractivity (Wildman–Crippen MR) is 106 cm³/mol. The van der Waals surface area contributed by atoms with E-state index in [4.69, 9.17) is 4.74 Å². The van der Waals surface area contributed by atoms with Crippen LogP contribution in [0.3, 0.4) is 0 Å². The number of ether oxygens (including phenoxy) is 1. The zero-order valence-electron chi connectivity index (χ0n) is 15.1. The van der Waals surface area contributed by atoms with Gasteiger partial charge < -0.3 is 8.97 Å². The van der Waals surface area contributed by atoms with Crippen LogP contribution >= 0.6 is 0 Å². The van der Waals surface area contributed by atoms with E-state index < -0.39 is 16.5 Å². The molecule has 0 aromatic heterocycles. The molecule has 1 rings (SSSR count). The number of nitrogens with zero attached hydrogens (tertiary/aromatic N) is 1. The molecule has 0 unspecified atom stereocenters. The van der Waals surface area contributed by atoms with Gasteiger partial charge in [0.25, 0.3) is 0 Å². The van der Waals surface area contributed by atoms with Crippen LogP contribution in [0, 0.1) is 0 Å². The van der Waals surface area contributed by atoms with Crippen molar-refractivity contribution in [3.63, 3.8) is 0 Å². The Morgan fingerprint density at radius 3 is 2.23 bits per heavy atom. The van der Waals surface area contributed by atoms with E-state index in [1.165, 1.54) is 10.8 Å². The van der Waals surface area contributed by atoms with Gasteiger partial charge in [0, 0.05) is 12.8 Å². The lowest BCUT2D eigenvalue weighted by molar-refractivity contribution is 0.171. The van der Waals surface area contributed by atoms with Gasteiger partial charge >= 0.3 is 0 Å². The first-order valence-electron chi connectivity index (χ1n) is 7.97. The molecule has 0 heterocycles. The fourth-order valence-electron chi connectivity index (χ4n) is 2.87. The molecule has 0 N–H and O–H groups in total. The Kier molecular flexibility index (Phi) is 7.48. The summed E-state index contributed by atoms with van der Waals surface area (Å²) in [7, 11) is -1.82. The molecule has 0 aliphatic carbocycles. The highest BCUT2D eigenvalue weighted by molar-refractivity contribution is 6.89. The average molecular weight is 350 g/mol. The molecule has 0 atom stereocenters. The van der Waals surface area contributed by atoms with Crippen molar-refractivity contribution < 1.29 is 4.74 Å². The Labute approximate surface area is 141 Å². The SMILES string of the molecule is C=Cc1ccccc1[Si]COCCN([Si](C)(C)C)[Si](C)(C)C. The first-order valence-corrected chi connectivity index (χ1v) is 16.1. The molecule has 1 aromatic rings. The Balaban J connectivity index is 2.43. The van der Waals surface area contributed by atoms with Crippen LogP contribution in [0.2, 0.25) is 39.3 Å². The first kappa shape index (κ1) is 19.6. The summed E-state index contributed by atoms with van der Waals surface area (Å²) < 4.78 is 8.72. The quantitative estimate of drug-likeness (QED) is 0.499. The molecule has 0 saturated heterocycles. The van der Waals surface area contributed by atoms with Gasteiger partial charge in [0.1, 0.15) is 26.0 Å². The van der Waals surface area contributed by atoms with Crippen molar-refractivity contribution in [1.82, 2.24) is 4.23 Å². The Morgan fingerprint density at radius 1 is 1.09 bits per heavy atom. The van der Waals surface area contributed by atoms with Gasteiger partial charge in [-0.25, -0.2) is 0 Å². The second-order valence-corrected chi connectivity index (χ2v) is 18.9. The molecule has 0 bridgehead atoms. The largest absolute Gasteiger partial charge is 0.384 e. The topological polar surface area (TPSA) is 12.5 Å². The lowest BCUT2D eigenvalue weighted by Crippen LogP contribution is -2.60. The molecule has 2 nitrogen and oxygen atoms in total. The molecule has 0 aliphatic heterocycles. The van der Waals surface area contributed by atoms with Crippen LogP contribution in [0.25, 0.3) is 6.08 Å². The van der Waals surface area contributed by atoms with Gasteiger partial charge in [-0.2, -0.15) is 0 Å². The van der Waals surface area contributed by atoms with Crippen molar-refractivity contribution >= 4 is 37.3 Å². The van der Waals surface area contributed by atoms with Crippen LogP contribution in [-0.4, -0.2) is 49.6 Å². The van der Waals surface area contributed by atoms with Crippen LogP contribution in [0.1, 0.15) is 5.56 Å². The third-order valence-electron chi connectivity index (χ3n) is 3.62. The van der Waals surface area contributed by atoms with Gasteiger partial charge in [0.15, 0.2) is 0 Å². The Bertz CT molecular complexity index is 464. The van der Waals surface area contributed by atoms with Gasteiger partial charge in [-0.3, -0.25) is 0 Å². The van der Waals surface area contributed by atoms with Crippen LogP contribution < -0.4 is 5.19 Å². The minimum atomic E-state index is -1.26. The van der Waals surface area contributed by atoms with Crippen molar-refractivity contribution in [2.75, 3.05) is 19.4 Å². The number of hydrogen-bond acceptors (Lipinski definition) is 2.